The van der Waals surface area contributed by atoms with Gasteiger partial charge in [-0.2, -0.15) is 0 Å². The Kier molecular flexibility index (Phi) is 2.96. The number of aromatic hydroxyl groups is 1. The number of aromatic nitrogens is 1. The number of phenolic OH excluding ortho intramolecular Hbond substituents is 1. The normalized spacial score (nSPS) is 10.1. The van der Waals surface area contributed by atoms with Gasteiger partial charge in [-0.15, -0.1) is 11.3 Å². The van der Waals surface area contributed by atoms with Crippen LogP contribution in [0, 0.1) is 6.92 Å². The van der Waals surface area contributed by atoms with Crippen LogP contribution in [0.4, 0.5) is 10.8 Å². The summed E-state index contributed by atoms with van der Waals surface area (Å²) in [5.41, 5.74) is 1.76. The summed E-state index contributed by atoms with van der Waals surface area (Å²) in [4.78, 5) is 4.27. The lowest BCUT2D eigenvalue weighted by molar-refractivity contribution is 0.373. The minimum absolute atomic E-state index is 0.112. The lowest BCUT2D eigenvalue weighted by atomic mass is 10.3. The molecule has 4 nitrogen and oxygen atoms in total. The fourth-order valence-corrected chi connectivity index (χ4v) is 2.01. The Morgan fingerprint density at radius 3 is 2.81 bits per heavy atom. The minimum atomic E-state index is 0.112. The average molecular weight is 236 g/mol. The minimum Gasteiger partial charge on any atom is -0.504 e. The fraction of sp³-hybridized carbons (Fsp3) is 0.182. The van der Waals surface area contributed by atoms with E-state index in [1.165, 1.54) is 18.4 Å². The molecular weight excluding hydrogens is 224 g/mol. The van der Waals surface area contributed by atoms with Crippen LogP contribution in [0.2, 0.25) is 0 Å². The molecule has 0 fully saturated rings. The number of nitrogens with zero attached hydrogens (tertiary/aromatic N) is 1. The van der Waals surface area contributed by atoms with Crippen molar-refractivity contribution in [2.75, 3.05) is 12.4 Å². The van der Waals surface area contributed by atoms with Gasteiger partial charge in [0.05, 0.1) is 12.8 Å². The Balaban J connectivity index is 2.19. The molecule has 0 amide bonds. The zero-order valence-corrected chi connectivity index (χ0v) is 9.84. The van der Waals surface area contributed by atoms with E-state index in [0.717, 1.165) is 16.5 Å². The molecule has 0 atom stereocenters. The van der Waals surface area contributed by atoms with E-state index >= 15 is 0 Å². The predicted molar refractivity (Wildman–Crippen MR) is 64.8 cm³/mol. The maximum Gasteiger partial charge on any atom is 0.187 e. The Bertz CT molecular complexity index is 496. The number of thiazole rings is 1. The second kappa shape index (κ2) is 4.40. The third-order valence-electron chi connectivity index (χ3n) is 2.05. The van der Waals surface area contributed by atoms with Gasteiger partial charge in [0.1, 0.15) is 0 Å². The molecule has 0 aliphatic heterocycles. The van der Waals surface area contributed by atoms with Crippen molar-refractivity contribution in [1.82, 2.24) is 4.98 Å². The van der Waals surface area contributed by atoms with Crippen molar-refractivity contribution >= 4 is 22.2 Å². The van der Waals surface area contributed by atoms with Gasteiger partial charge in [-0.1, -0.05) is 0 Å². The molecule has 0 unspecified atom stereocenters. The van der Waals surface area contributed by atoms with Crippen LogP contribution in [-0.2, 0) is 0 Å². The topological polar surface area (TPSA) is 54.4 Å². The molecule has 2 aromatic rings. The summed E-state index contributed by atoms with van der Waals surface area (Å²) in [6.07, 6.45) is 0. The molecule has 1 heterocycles. The first-order chi connectivity index (χ1) is 7.69. The molecular formula is C11H12N2O2S. The Morgan fingerprint density at radius 2 is 2.25 bits per heavy atom. The second-order valence-corrected chi connectivity index (χ2v) is 4.16. The zero-order valence-electron chi connectivity index (χ0n) is 9.02. The second-order valence-electron chi connectivity index (χ2n) is 3.31. The average Bonchev–Trinajstić information content (AvgIpc) is 2.64. The molecule has 84 valence electrons. The van der Waals surface area contributed by atoms with Crippen molar-refractivity contribution in [2.45, 2.75) is 6.92 Å². The van der Waals surface area contributed by atoms with Crippen LogP contribution in [0.1, 0.15) is 5.69 Å². The third-order valence-corrected chi connectivity index (χ3v) is 2.92. The van der Waals surface area contributed by atoms with Crippen molar-refractivity contribution in [3.63, 3.8) is 0 Å². The van der Waals surface area contributed by atoms with E-state index in [1.807, 2.05) is 18.4 Å². The van der Waals surface area contributed by atoms with Crippen molar-refractivity contribution in [1.29, 1.82) is 0 Å². The van der Waals surface area contributed by atoms with Crippen molar-refractivity contribution < 1.29 is 9.84 Å². The zero-order chi connectivity index (χ0) is 11.5. The molecule has 1 aromatic heterocycles. The van der Waals surface area contributed by atoms with E-state index in [-0.39, 0.29) is 5.75 Å². The number of ether oxygens (including phenoxy) is 1. The van der Waals surface area contributed by atoms with Gasteiger partial charge >= 0.3 is 0 Å². The van der Waals surface area contributed by atoms with Gasteiger partial charge in [-0.05, 0) is 19.1 Å². The van der Waals surface area contributed by atoms with Crippen LogP contribution in [0.25, 0.3) is 0 Å². The fourth-order valence-electron chi connectivity index (χ4n) is 1.30. The van der Waals surface area contributed by atoms with Gasteiger partial charge < -0.3 is 15.2 Å². The van der Waals surface area contributed by atoms with E-state index in [9.17, 15) is 5.11 Å². The molecule has 0 saturated carbocycles. The molecule has 0 aliphatic rings. The van der Waals surface area contributed by atoms with E-state index in [4.69, 9.17) is 4.74 Å². The number of rotatable bonds is 3. The Labute approximate surface area is 97.5 Å². The quantitative estimate of drug-likeness (QED) is 0.860. The molecule has 0 spiro atoms. The van der Waals surface area contributed by atoms with Gasteiger partial charge in [0.25, 0.3) is 0 Å². The van der Waals surface area contributed by atoms with E-state index in [1.54, 1.807) is 12.1 Å². The molecule has 2 rings (SSSR count). The molecule has 16 heavy (non-hydrogen) atoms. The molecule has 0 radical (unpaired) electrons. The number of phenols is 1. The molecule has 0 saturated heterocycles. The van der Waals surface area contributed by atoms with Crippen molar-refractivity contribution in [3.05, 3.63) is 29.3 Å². The number of hydrogen-bond acceptors (Lipinski definition) is 5. The first-order valence-corrected chi connectivity index (χ1v) is 5.63. The first kappa shape index (κ1) is 10.8. The van der Waals surface area contributed by atoms with Crippen LogP contribution in [0.3, 0.4) is 0 Å². The molecule has 2 N–H and O–H groups in total. The highest BCUT2D eigenvalue weighted by Crippen LogP contribution is 2.30. The third kappa shape index (κ3) is 2.25. The number of aryl methyl sites for hydroxylation is 1. The standard InChI is InChI=1S/C11H12N2O2S/c1-7-6-16-11(12-7)13-8-3-4-10(15-2)9(14)5-8/h3-6,14H,1-2H3,(H,12,13). The molecule has 0 aliphatic carbocycles. The molecule has 1 aromatic carbocycles. The highest BCUT2D eigenvalue weighted by molar-refractivity contribution is 7.13. The highest BCUT2D eigenvalue weighted by atomic mass is 32.1. The van der Waals surface area contributed by atoms with Crippen LogP contribution in [0.5, 0.6) is 11.5 Å². The van der Waals surface area contributed by atoms with Gasteiger partial charge in [-0.3, -0.25) is 0 Å². The lowest BCUT2D eigenvalue weighted by Crippen LogP contribution is -1.90. The first-order valence-electron chi connectivity index (χ1n) is 4.75. The van der Waals surface area contributed by atoms with Crippen molar-refractivity contribution in [2.24, 2.45) is 0 Å². The summed E-state index contributed by atoms with van der Waals surface area (Å²) in [6, 6.07) is 5.14. The summed E-state index contributed by atoms with van der Waals surface area (Å²) in [6.45, 7) is 1.94. The van der Waals surface area contributed by atoms with Gasteiger partial charge in [0.2, 0.25) is 0 Å². The number of nitrogens with one attached hydrogen (secondary N) is 1. The summed E-state index contributed by atoms with van der Waals surface area (Å²) in [7, 11) is 1.52. The predicted octanol–water partition coefficient (Wildman–Crippen LogP) is 2.91. The SMILES string of the molecule is COc1ccc(Nc2nc(C)cs2)cc1O. The van der Waals surface area contributed by atoms with Crippen LogP contribution in [0.15, 0.2) is 23.6 Å². The molecule has 5 heteroatoms. The maximum atomic E-state index is 9.59. The van der Waals surface area contributed by atoms with Crippen molar-refractivity contribution in [3.8, 4) is 11.5 Å². The summed E-state index contributed by atoms with van der Waals surface area (Å²) in [5, 5.41) is 15.5. The van der Waals surface area contributed by atoms with Crippen LogP contribution < -0.4 is 10.1 Å². The van der Waals surface area contributed by atoms with Gasteiger partial charge in [-0.25, -0.2) is 4.98 Å². The summed E-state index contributed by atoms with van der Waals surface area (Å²) >= 11 is 1.53. The number of anilines is 2. The van der Waals surface area contributed by atoms with Crippen LogP contribution >= 0.6 is 11.3 Å². The maximum absolute atomic E-state index is 9.59. The monoisotopic (exact) mass is 236 g/mol. The van der Waals surface area contributed by atoms with E-state index < -0.39 is 0 Å². The van der Waals surface area contributed by atoms with Gasteiger partial charge in [0, 0.05) is 17.1 Å². The lowest BCUT2D eigenvalue weighted by Gasteiger charge is -2.06. The van der Waals surface area contributed by atoms with E-state index in [2.05, 4.69) is 10.3 Å². The number of hydrogen-bond donors (Lipinski definition) is 2. The van der Waals surface area contributed by atoms with Crippen LogP contribution in [-0.4, -0.2) is 17.2 Å². The largest absolute Gasteiger partial charge is 0.504 e. The van der Waals surface area contributed by atoms with Gasteiger partial charge in [0.15, 0.2) is 16.6 Å². The highest BCUT2D eigenvalue weighted by Gasteiger charge is 2.04. The smallest absolute Gasteiger partial charge is 0.187 e. The summed E-state index contributed by atoms with van der Waals surface area (Å²) < 4.78 is 4.96. The summed E-state index contributed by atoms with van der Waals surface area (Å²) in [5.74, 6) is 0.571. The Morgan fingerprint density at radius 1 is 1.44 bits per heavy atom. The molecule has 0 bridgehead atoms. The van der Waals surface area contributed by atoms with E-state index in [0.29, 0.717) is 5.75 Å². The Hall–Kier alpha value is -1.75. The number of benzene rings is 1. The number of methoxy groups -OCH3 is 1.